The summed E-state index contributed by atoms with van der Waals surface area (Å²) in [4.78, 5) is 14.6. The van der Waals surface area contributed by atoms with E-state index in [1.165, 1.54) is 6.20 Å². The average Bonchev–Trinajstić information content (AvgIpc) is 3.43. The molecule has 43 heavy (non-hydrogen) atoms. The molecule has 8 heteroatoms. The highest BCUT2D eigenvalue weighted by molar-refractivity contribution is 6.30. The van der Waals surface area contributed by atoms with Crippen LogP contribution in [0.25, 0.3) is 22.0 Å². The Morgan fingerprint density at radius 1 is 1.07 bits per heavy atom. The Kier molecular flexibility index (Phi) is 8.59. The second kappa shape index (κ2) is 12.4. The molecule has 1 unspecified atom stereocenters. The quantitative estimate of drug-likeness (QED) is 0.179. The van der Waals surface area contributed by atoms with Crippen LogP contribution in [0.5, 0.6) is 0 Å². The Hall–Kier alpha value is -4.56. The lowest BCUT2D eigenvalue weighted by Crippen LogP contribution is -2.37. The number of likely N-dealkylation sites (N-methyl/N-ethyl adjacent to an activating group) is 1. The number of nitrogens with one attached hydrogen (secondary N) is 1. The standard InChI is InChI=1S/C35H35ClN4O3/c1-5-39(3)33(20-37)35(42,26-12-10-24(11-13-26)21-38-22-29-15-9-23(2)43-29)27-14-16-32-31(18-27)30(19-34(41)40(32)4)25-7-6-8-28(36)17-25/h5-20,38,42H,1,21-22,37H2,2-4H3/b33-20-. The number of pyridine rings is 1. The molecule has 0 bridgehead atoms. The summed E-state index contributed by atoms with van der Waals surface area (Å²) in [5.74, 6) is 1.75. The maximum Gasteiger partial charge on any atom is 0.251 e. The van der Waals surface area contributed by atoms with Crippen LogP contribution in [0, 0.1) is 6.92 Å². The SMILES string of the molecule is C=CN(C)/C(=C\N)C(O)(c1ccc(CNCc2ccc(C)o2)cc1)c1ccc2c(c1)c(-c1cccc(Cl)c1)cc(=O)n2C. The average molecular weight is 595 g/mol. The first-order valence-electron chi connectivity index (χ1n) is 13.9. The van der Waals surface area contributed by atoms with E-state index >= 15 is 0 Å². The molecular weight excluding hydrogens is 560 g/mol. The molecule has 2 aromatic heterocycles. The van der Waals surface area contributed by atoms with Gasteiger partial charge in [0.15, 0.2) is 5.60 Å². The number of hydrogen-bond donors (Lipinski definition) is 3. The van der Waals surface area contributed by atoms with Gasteiger partial charge in [-0.05, 0) is 77.3 Å². The van der Waals surface area contributed by atoms with Crippen molar-refractivity contribution in [2.24, 2.45) is 12.8 Å². The smallest absolute Gasteiger partial charge is 0.251 e. The fourth-order valence-electron chi connectivity index (χ4n) is 5.41. The Balaban J connectivity index is 1.60. The molecule has 0 spiro atoms. The highest BCUT2D eigenvalue weighted by Gasteiger charge is 2.38. The second-order valence-corrected chi connectivity index (χ2v) is 11.0. The first kappa shape index (κ1) is 29.9. The summed E-state index contributed by atoms with van der Waals surface area (Å²) < 4.78 is 7.23. The van der Waals surface area contributed by atoms with Crippen LogP contribution in [-0.4, -0.2) is 21.6 Å². The van der Waals surface area contributed by atoms with Crippen molar-refractivity contribution in [1.82, 2.24) is 14.8 Å². The third kappa shape index (κ3) is 5.88. The number of aliphatic hydroxyl groups is 1. The Bertz CT molecular complexity index is 1870. The molecule has 4 N–H and O–H groups in total. The molecule has 3 aromatic carbocycles. The highest BCUT2D eigenvalue weighted by Crippen LogP contribution is 2.40. The van der Waals surface area contributed by atoms with E-state index in [1.807, 2.05) is 79.7 Å². The van der Waals surface area contributed by atoms with Gasteiger partial charge in [-0.3, -0.25) is 4.79 Å². The van der Waals surface area contributed by atoms with E-state index in [9.17, 15) is 9.90 Å². The van der Waals surface area contributed by atoms with Gasteiger partial charge in [-0.2, -0.15) is 0 Å². The number of halogens is 1. The number of aromatic nitrogens is 1. The normalized spacial score (nSPS) is 13.2. The lowest BCUT2D eigenvalue weighted by molar-refractivity contribution is 0.0968. The van der Waals surface area contributed by atoms with Crippen molar-refractivity contribution in [2.75, 3.05) is 7.05 Å². The zero-order valence-corrected chi connectivity index (χ0v) is 25.2. The van der Waals surface area contributed by atoms with Crippen LogP contribution >= 0.6 is 11.6 Å². The number of nitrogens with zero attached hydrogens (tertiary/aromatic N) is 2. The fraction of sp³-hybridized carbons (Fsp3) is 0.171. The molecule has 0 saturated heterocycles. The monoisotopic (exact) mass is 594 g/mol. The van der Waals surface area contributed by atoms with Crippen molar-refractivity contribution in [3.8, 4) is 11.1 Å². The van der Waals surface area contributed by atoms with Gasteiger partial charge in [-0.1, -0.05) is 60.6 Å². The molecule has 220 valence electrons. The lowest BCUT2D eigenvalue weighted by atomic mass is 9.81. The molecule has 2 heterocycles. The van der Waals surface area contributed by atoms with Gasteiger partial charge in [0.2, 0.25) is 0 Å². The van der Waals surface area contributed by atoms with Crippen LogP contribution < -0.4 is 16.6 Å². The van der Waals surface area contributed by atoms with E-state index in [1.54, 1.807) is 41.9 Å². The first-order valence-corrected chi connectivity index (χ1v) is 14.3. The van der Waals surface area contributed by atoms with E-state index in [4.69, 9.17) is 21.8 Å². The van der Waals surface area contributed by atoms with Gasteiger partial charge in [0.25, 0.3) is 5.56 Å². The molecule has 1 atom stereocenters. The Morgan fingerprint density at radius 3 is 2.47 bits per heavy atom. The maximum atomic E-state index is 12.9. The summed E-state index contributed by atoms with van der Waals surface area (Å²) >= 11 is 6.32. The highest BCUT2D eigenvalue weighted by atomic mass is 35.5. The summed E-state index contributed by atoms with van der Waals surface area (Å²) in [5, 5.41) is 17.4. The molecule has 7 nitrogen and oxygen atoms in total. The second-order valence-electron chi connectivity index (χ2n) is 10.6. The first-order chi connectivity index (χ1) is 20.6. The fourth-order valence-corrected chi connectivity index (χ4v) is 5.60. The molecule has 0 amide bonds. The minimum Gasteiger partial charge on any atom is -0.465 e. The minimum atomic E-state index is -1.65. The lowest BCUT2D eigenvalue weighted by Gasteiger charge is -2.36. The van der Waals surface area contributed by atoms with Gasteiger partial charge in [0, 0.05) is 43.3 Å². The topological polar surface area (TPSA) is 96.7 Å². The molecule has 5 aromatic rings. The van der Waals surface area contributed by atoms with Crippen LogP contribution in [0.4, 0.5) is 0 Å². The molecule has 0 aliphatic carbocycles. The largest absolute Gasteiger partial charge is 0.465 e. The number of hydrogen-bond acceptors (Lipinski definition) is 6. The van der Waals surface area contributed by atoms with Crippen molar-refractivity contribution >= 4 is 22.5 Å². The number of rotatable bonds is 10. The summed E-state index contributed by atoms with van der Waals surface area (Å²) in [6.45, 7) is 7.04. The van der Waals surface area contributed by atoms with Gasteiger partial charge in [-0.15, -0.1) is 0 Å². The summed E-state index contributed by atoms with van der Waals surface area (Å²) in [5.41, 5.74) is 9.27. The number of aryl methyl sites for hydroxylation is 2. The summed E-state index contributed by atoms with van der Waals surface area (Å²) in [7, 11) is 3.52. The summed E-state index contributed by atoms with van der Waals surface area (Å²) in [6, 6.07) is 26.2. The third-order valence-electron chi connectivity index (χ3n) is 7.78. The molecule has 0 fully saturated rings. The van der Waals surface area contributed by atoms with Gasteiger partial charge in [0.1, 0.15) is 11.5 Å². The van der Waals surface area contributed by atoms with Crippen LogP contribution in [-0.2, 0) is 25.7 Å². The van der Waals surface area contributed by atoms with E-state index in [2.05, 4.69) is 11.9 Å². The molecule has 5 rings (SSSR count). The van der Waals surface area contributed by atoms with E-state index in [0.29, 0.717) is 40.5 Å². The van der Waals surface area contributed by atoms with Gasteiger partial charge < -0.3 is 30.0 Å². The summed E-state index contributed by atoms with van der Waals surface area (Å²) in [6.07, 6.45) is 2.99. The van der Waals surface area contributed by atoms with Crippen molar-refractivity contribution < 1.29 is 9.52 Å². The van der Waals surface area contributed by atoms with E-state index < -0.39 is 5.60 Å². The van der Waals surface area contributed by atoms with Crippen molar-refractivity contribution in [2.45, 2.75) is 25.6 Å². The Morgan fingerprint density at radius 2 is 1.81 bits per heavy atom. The minimum absolute atomic E-state index is 0.147. The van der Waals surface area contributed by atoms with Crippen LogP contribution in [0.15, 0.2) is 119 Å². The number of nitrogens with two attached hydrogens (primary N) is 1. The molecule has 0 saturated carbocycles. The number of benzene rings is 3. The van der Waals surface area contributed by atoms with Crippen molar-refractivity contribution in [3.05, 3.63) is 153 Å². The number of furan rings is 1. The van der Waals surface area contributed by atoms with Crippen LogP contribution in [0.1, 0.15) is 28.2 Å². The van der Waals surface area contributed by atoms with Crippen molar-refractivity contribution in [1.29, 1.82) is 0 Å². The molecule has 0 aliphatic rings. The predicted octanol–water partition coefficient (Wildman–Crippen LogP) is 6.16. The van der Waals surface area contributed by atoms with Crippen molar-refractivity contribution in [3.63, 3.8) is 0 Å². The third-order valence-corrected chi connectivity index (χ3v) is 8.01. The molecular formula is C35H35ClN4O3. The van der Waals surface area contributed by atoms with Gasteiger partial charge in [0.05, 0.1) is 17.8 Å². The number of fused-ring (bicyclic) bond motifs is 1. The zero-order chi connectivity index (χ0) is 30.7. The molecule has 0 aliphatic heterocycles. The van der Waals surface area contributed by atoms with Crippen LogP contribution in [0.3, 0.4) is 0 Å². The van der Waals surface area contributed by atoms with Crippen LogP contribution in [0.2, 0.25) is 5.02 Å². The zero-order valence-electron chi connectivity index (χ0n) is 24.5. The van der Waals surface area contributed by atoms with Gasteiger partial charge in [-0.25, -0.2) is 0 Å². The van der Waals surface area contributed by atoms with E-state index in [0.717, 1.165) is 33.6 Å². The predicted molar refractivity (Wildman–Crippen MR) is 173 cm³/mol. The Labute approximate surface area is 256 Å². The molecule has 0 radical (unpaired) electrons. The van der Waals surface area contributed by atoms with E-state index in [-0.39, 0.29) is 5.56 Å². The maximum absolute atomic E-state index is 12.9. The van der Waals surface area contributed by atoms with Gasteiger partial charge >= 0.3 is 0 Å².